The van der Waals surface area contributed by atoms with Crippen molar-refractivity contribution < 1.29 is 14.3 Å². The average molecular weight is 443 g/mol. The molecule has 2 aromatic heterocycles. The number of thiophene rings is 1. The van der Waals surface area contributed by atoms with Crippen molar-refractivity contribution in [1.82, 2.24) is 9.88 Å². The number of ether oxygens (including phenoxy) is 1. The van der Waals surface area contributed by atoms with E-state index in [0.717, 1.165) is 22.5 Å². The number of benzene rings is 1. The van der Waals surface area contributed by atoms with Gasteiger partial charge in [0.1, 0.15) is 11.2 Å². The molecule has 0 aliphatic rings. The molecular weight excluding hydrogens is 420 g/mol. The molecule has 3 rings (SSSR count). The van der Waals surface area contributed by atoms with Crippen LogP contribution < -0.4 is 20.1 Å². The molecule has 1 unspecified atom stereocenters. The maximum atomic E-state index is 12.9. The molecule has 0 radical (unpaired) electrons. The van der Waals surface area contributed by atoms with Crippen LogP contribution >= 0.6 is 22.7 Å². The number of thiazole rings is 1. The van der Waals surface area contributed by atoms with Crippen LogP contribution in [0.3, 0.4) is 0 Å². The Morgan fingerprint density at radius 2 is 2.00 bits per heavy atom. The summed E-state index contributed by atoms with van der Waals surface area (Å²) in [6, 6.07) is 11.3. The van der Waals surface area contributed by atoms with Gasteiger partial charge < -0.3 is 10.1 Å². The Bertz CT molecular complexity index is 1180. The van der Waals surface area contributed by atoms with Gasteiger partial charge in [0.2, 0.25) is 5.91 Å². The predicted octanol–water partition coefficient (Wildman–Crippen LogP) is 2.02. The number of rotatable bonds is 7. The van der Waals surface area contributed by atoms with Crippen LogP contribution in [0.1, 0.15) is 31.0 Å². The van der Waals surface area contributed by atoms with Crippen molar-refractivity contribution >= 4 is 46.7 Å². The molecule has 0 aliphatic heterocycles. The first-order valence-electron chi connectivity index (χ1n) is 9.44. The Hall–Kier alpha value is -2.97. The van der Waals surface area contributed by atoms with Gasteiger partial charge in [0.25, 0.3) is 5.56 Å². The molecule has 0 bridgehead atoms. The minimum Gasteiger partial charge on any atom is -0.463 e. The monoisotopic (exact) mass is 442 g/mol. The van der Waals surface area contributed by atoms with E-state index in [1.165, 1.54) is 22.0 Å². The molecule has 0 saturated carbocycles. The molecule has 6 nitrogen and oxygen atoms in total. The Morgan fingerprint density at radius 1 is 1.23 bits per heavy atom. The zero-order chi connectivity index (χ0) is 21.5. The molecule has 0 spiro atoms. The molecule has 1 atom stereocenters. The molecule has 30 heavy (non-hydrogen) atoms. The Labute approximate surface area is 181 Å². The van der Waals surface area contributed by atoms with Crippen molar-refractivity contribution in [3.05, 3.63) is 77.8 Å². The van der Waals surface area contributed by atoms with Crippen LogP contribution in [-0.4, -0.2) is 23.1 Å². The van der Waals surface area contributed by atoms with Gasteiger partial charge in [0.15, 0.2) is 0 Å². The highest BCUT2D eigenvalue weighted by molar-refractivity contribution is 7.08. The van der Waals surface area contributed by atoms with E-state index in [1.54, 1.807) is 13.0 Å². The fourth-order valence-electron chi connectivity index (χ4n) is 2.84. The highest BCUT2D eigenvalue weighted by Gasteiger charge is 2.14. The number of esters is 1. The van der Waals surface area contributed by atoms with Crippen LogP contribution in [0.15, 0.2) is 52.0 Å². The van der Waals surface area contributed by atoms with E-state index in [0.29, 0.717) is 9.20 Å². The summed E-state index contributed by atoms with van der Waals surface area (Å²) in [6.45, 7) is 3.63. The lowest BCUT2D eigenvalue weighted by atomic mass is 10.1. The fourth-order valence-corrected chi connectivity index (χ4v) is 4.49. The van der Waals surface area contributed by atoms with Gasteiger partial charge in [-0.3, -0.25) is 14.2 Å². The number of nitrogens with zero attached hydrogens (tertiary/aromatic N) is 1. The quantitative estimate of drug-likeness (QED) is 0.568. The number of nitrogens with one attached hydrogen (secondary N) is 1. The largest absolute Gasteiger partial charge is 0.463 e. The maximum Gasteiger partial charge on any atom is 0.333 e. The van der Waals surface area contributed by atoms with Crippen LogP contribution in [0, 0.1) is 0 Å². The maximum absolute atomic E-state index is 12.9. The third-order valence-corrected chi connectivity index (χ3v) is 6.05. The third kappa shape index (κ3) is 5.55. The van der Waals surface area contributed by atoms with Crippen LogP contribution in [0.5, 0.6) is 0 Å². The van der Waals surface area contributed by atoms with Gasteiger partial charge in [-0.05, 0) is 47.9 Å². The van der Waals surface area contributed by atoms with Crippen LogP contribution in [0.25, 0.3) is 12.2 Å². The molecule has 8 heteroatoms. The first-order valence-corrected chi connectivity index (χ1v) is 11.2. The van der Waals surface area contributed by atoms with Crippen molar-refractivity contribution in [3.8, 4) is 0 Å². The summed E-state index contributed by atoms with van der Waals surface area (Å²) in [6.07, 6.45) is 3.02. The van der Waals surface area contributed by atoms with E-state index in [9.17, 15) is 14.4 Å². The second-order valence-corrected chi connectivity index (χ2v) is 8.34. The zero-order valence-electron chi connectivity index (χ0n) is 16.7. The van der Waals surface area contributed by atoms with E-state index in [1.807, 2.05) is 54.1 Å². The lowest BCUT2D eigenvalue weighted by Gasteiger charge is -2.14. The Morgan fingerprint density at radius 3 is 2.67 bits per heavy atom. The number of amides is 1. The van der Waals surface area contributed by atoms with E-state index < -0.39 is 5.97 Å². The summed E-state index contributed by atoms with van der Waals surface area (Å²) in [7, 11) is 0. The topological polar surface area (TPSA) is 77.4 Å². The minimum atomic E-state index is -0.548. The molecule has 3 aromatic rings. The van der Waals surface area contributed by atoms with E-state index in [-0.39, 0.29) is 30.7 Å². The van der Waals surface area contributed by atoms with Crippen molar-refractivity contribution in [3.63, 3.8) is 0 Å². The smallest absolute Gasteiger partial charge is 0.333 e. The lowest BCUT2D eigenvalue weighted by Crippen LogP contribution is -2.39. The van der Waals surface area contributed by atoms with Crippen molar-refractivity contribution in [2.45, 2.75) is 26.4 Å². The highest BCUT2D eigenvalue weighted by atomic mass is 32.1. The molecule has 0 saturated heterocycles. The summed E-state index contributed by atoms with van der Waals surface area (Å²) in [5.41, 5.74) is 1.55. The lowest BCUT2D eigenvalue weighted by molar-refractivity contribution is -0.135. The van der Waals surface area contributed by atoms with Gasteiger partial charge in [-0.2, -0.15) is 11.3 Å². The van der Waals surface area contributed by atoms with Gasteiger partial charge >= 0.3 is 5.97 Å². The highest BCUT2D eigenvalue weighted by Crippen LogP contribution is 2.10. The number of hydrogen-bond acceptors (Lipinski definition) is 6. The molecular formula is C22H22N2O4S2. The molecule has 1 amide bonds. The Kier molecular flexibility index (Phi) is 7.37. The second kappa shape index (κ2) is 10.2. The van der Waals surface area contributed by atoms with E-state index >= 15 is 0 Å². The Balaban J connectivity index is 1.92. The third-order valence-electron chi connectivity index (χ3n) is 4.28. The number of hydrogen-bond donors (Lipinski definition) is 1. The van der Waals surface area contributed by atoms with Crippen LogP contribution in [-0.2, 0) is 20.9 Å². The van der Waals surface area contributed by atoms with E-state index in [4.69, 9.17) is 4.74 Å². The van der Waals surface area contributed by atoms with Crippen molar-refractivity contribution in [1.29, 1.82) is 0 Å². The minimum absolute atomic E-state index is 0.185. The average Bonchev–Trinajstić information content (AvgIpc) is 3.33. The second-order valence-electron chi connectivity index (χ2n) is 6.49. The molecule has 156 valence electrons. The number of carbonyl (C=O) groups excluding carboxylic acids is 2. The SMILES string of the molecule is CCOC(=O)/C=c1\s/c(=C\c2ccsc2)c(=O)n1CC(=O)NC(C)c1ccccc1. The molecule has 0 fully saturated rings. The number of carbonyl (C=O) groups is 2. The summed E-state index contributed by atoms with van der Waals surface area (Å²) in [5.74, 6) is -0.862. The van der Waals surface area contributed by atoms with Gasteiger partial charge in [0, 0.05) is 0 Å². The molecule has 0 aliphatic carbocycles. The van der Waals surface area contributed by atoms with Gasteiger partial charge in [0.05, 0.1) is 23.3 Å². The first-order chi connectivity index (χ1) is 14.5. The zero-order valence-corrected chi connectivity index (χ0v) is 18.3. The van der Waals surface area contributed by atoms with E-state index in [2.05, 4.69) is 5.32 Å². The number of aromatic nitrogens is 1. The fraction of sp³-hybridized carbons (Fsp3) is 0.227. The van der Waals surface area contributed by atoms with Crippen molar-refractivity contribution in [2.24, 2.45) is 0 Å². The van der Waals surface area contributed by atoms with Crippen LogP contribution in [0.4, 0.5) is 0 Å². The summed E-state index contributed by atoms with van der Waals surface area (Å²) in [4.78, 5) is 37.5. The normalized spacial score (nSPS) is 13.3. The molecule has 1 N–H and O–H groups in total. The predicted molar refractivity (Wildman–Crippen MR) is 120 cm³/mol. The standard InChI is InChI=1S/C22H22N2O4S2/c1-3-28-21(26)12-20-24(22(27)18(30-20)11-16-9-10-29-14-16)13-19(25)23-15(2)17-7-5-4-6-8-17/h4-12,14-15H,3,13H2,1-2H3,(H,23,25)/b18-11-,20-12-. The van der Waals surface area contributed by atoms with Gasteiger partial charge in [-0.15, -0.1) is 11.3 Å². The summed E-state index contributed by atoms with van der Waals surface area (Å²) in [5, 5.41) is 6.74. The van der Waals surface area contributed by atoms with Crippen molar-refractivity contribution in [2.75, 3.05) is 6.61 Å². The summed E-state index contributed by atoms with van der Waals surface area (Å²) >= 11 is 2.69. The van der Waals surface area contributed by atoms with Gasteiger partial charge in [-0.1, -0.05) is 30.3 Å². The summed E-state index contributed by atoms with van der Waals surface area (Å²) < 4.78 is 7.11. The molecule has 2 heterocycles. The molecule has 1 aromatic carbocycles. The first kappa shape index (κ1) is 21.7. The van der Waals surface area contributed by atoms with Crippen LogP contribution in [0.2, 0.25) is 0 Å². The van der Waals surface area contributed by atoms with Gasteiger partial charge in [-0.25, -0.2) is 4.79 Å².